The van der Waals surface area contributed by atoms with Gasteiger partial charge >= 0.3 is 0 Å². The Hall–Kier alpha value is -3.58. The standard InChI is InChI=1S/C46H52ClNO4/c1-32-7-6-23-44(2)42(22-24-46(44,52)31-48-27-25-45(51,26-28-48)37-16-18-38(47)19-17-37)40-21-11-33(29-39(49)20-10-32)30-41(40)43(50)36-14-12-35(13-15-36)34-8-4-3-5-9-34/h3-5,7-9,11-19,21,30,39,42,49,51-52H,6,10,20,22-29,31H2,1-2H3. The van der Waals surface area contributed by atoms with Crippen molar-refractivity contribution in [2.24, 2.45) is 5.41 Å². The number of allylic oxidation sites excluding steroid dienone is 2. The zero-order valence-corrected chi connectivity index (χ0v) is 31.3. The SMILES string of the molecule is CC1=CCCC2(C)C(CCC2(O)CN2CCC(O)(c3ccc(Cl)cc3)CC2)c2ccc(cc2C(=O)c2ccc(-c3ccccc3)cc2)CC(O)CC1. The van der Waals surface area contributed by atoms with Gasteiger partial charge in [0, 0.05) is 41.2 Å². The van der Waals surface area contributed by atoms with E-state index < -0.39 is 22.7 Å². The lowest BCUT2D eigenvalue weighted by molar-refractivity contribution is -0.101. The average molecular weight is 718 g/mol. The summed E-state index contributed by atoms with van der Waals surface area (Å²) >= 11 is 6.13. The molecular formula is C46H52ClNO4. The highest BCUT2D eigenvalue weighted by molar-refractivity contribution is 6.30. The fourth-order valence-corrected chi connectivity index (χ4v) is 9.42. The number of benzene rings is 4. The molecule has 2 bridgehead atoms. The summed E-state index contributed by atoms with van der Waals surface area (Å²) in [5, 5.41) is 36.1. The number of carbonyl (C=O) groups is 1. The molecule has 0 amide bonds. The number of aliphatic hydroxyl groups excluding tert-OH is 1. The van der Waals surface area contributed by atoms with Gasteiger partial charge in [-0.2, -0.15) is 0 Å². The molecule has 8 rings (SSSR count). The minimum Gasteiger partial charge on any atom is -0.393 e. The van der Waals surface area contributed by atoms with E-state index in [0.717, 1.165) is 53.5 Å². The van der Waals surface area contributed by atoms with Crippen LogP contribution in [0.15, 0.2) is 109 Å². The Morgan fingerprint density at radius 1 is 0.846 bits per heavy atom. The normalized spacial score (nSPS) is 26.7. The Balaban J connectivity index is 1.20. The summed E-state index contributed by atoms with van der Waals surface area (Å²) in [6, 6.07) is 31.8. The first-order valence-corrected chi connectivity index (χ1v) is 19.4. The number of aliphatic hydroxyl groups is 3. The quantitative estimate of drug-likeness (QED) is 0.137. The molecule has 4 aromatic rings. The van der Waals surface area contributed by atoms with Crippen molar-refractivity contribution in [1.29, 1.82) is 0 Å². The monoisotopic (exact) mass is 717 g/mol. The molecule has 1 saturated heterocycles. The van der Waals surface area contributed by atoms with Gasteiger partial charge in [0.05, 0.1) is 17.3 Å². The molecule has 2 fully saturated rings. The van der Waals surface area contributed by atoms with E-state index in [9.17, 15) is 20.1 Å². The van der Waals surface area contributed by atoms with Gasteiger partial charge in [-0.05, 0) is 117 Å². The van der Waals surface area contributed by atoms with Crippen molar-refractivity contribution in [2.45, 2.75) is 94.9 Å². The summed E-state index contributed by atoms with van der Waals surface area (Å²) in [7, 11) is 0. The maximum absolute atomic E-state index is 14.6. The van der Waals surface area contributed by atoms with E-state index in [4.69, 9.17) is 11.6 Å². The molecule has 1 aliphatic heterocycles. The first-order chi connectivity index (χ1) is 25.0. The Kier molecular flexibility index (Phi) is 10.6. The molecule has 52 heavy (non-hydrogen) atoms. The van der Waals surface area contributed by atoms with Crippen molar-refractivity contribution < 1.29 is 20.1 Å². The first kappa shape index (κ1) is 36.8. The van der Waals surface area contributed by atoms with E-state index in [1.165, 1.54) is 5.57 Å². The second-order valence-corrected chi connectivity index (χ2v) is 16.5. The van der Waals surface area contributed by atoms with Gasteiger partial charge in [-0.1, -0.05) is 109 Å². The maximum atomic E-state index is 14.6. The topological polar surface area (TPSA) is 81.0 Å². The van der Waals surface area contributed by atoms with Gasteiger partial charge in [0.1, 0.15) is 0 Å². The minimum absolute atomic E-state index is 0.0240. The minimum atomic E-state index is -0.987. The summed E-state index contributed by atoms with van der Waals surface area (Å²) < 4.78 is 0. The van der Waals surface area contributed by atoms with Crippen molar-refractivity contribution in [3.8, 4) is 11.1 Å². The largest absolute Gasteiger partial charge is 0.393 e. The van der Waals surface area contributed by atoms with Crippen LogP contribution in [0.2, 0.25) is 5.02 Å². The van der Waals surface area contributed by atoms with Gasteiger partial charge in [-0.15, -0.1) is 0 Å². The van der Waals surface area contributed by atoms with E-state index in [2.05, 4.69) is 49.1 Å². The van der Waals surface area contributed by atoms with Crippen LogP contribution in [0.1, 0.15) is 104 Å². The lowest BCUT2D eigenvalue weighted by atomic mass is 9.64. The lowest BCUT2D eigenvalue weighted by Crippen LogP contribution is -2.55. The number of nitrogens with zero attached hydrogens (tertiary/aromatic N) is 1. The van der Waals surface area contributed by atoms with Crippen LogP contribution < -0.4 is 0 Å². The summed E-state index contributed by atoms with van der Waals surface area (Å²) in [6.45, 7) is 6.27. The van der Waals surface area contributed by atoms with Crippen LogP contribution in [0.5, 0.6) is 0 Å². The zero-order chi connectivity index (χ0) is 36.5. The number of fused-ring (bicyclic) bond motifs is 8. The summed E-state index contributed by atoms with van der Waals surface area (Å²) in [5.74, 6) is -0.0597. The van der Waals surface area contributed by atoms with Gasteiger partial charge in [0.2, 0.25) is 0 Å². The highest BCUT2D eigenvalue weighted by atomic mass is 35.5. The Morgan fingerprint density at radius 2 is 1.54 bits per heavy atom. The van der Waals surface area contributed by atoms with Crippen LogP contribution in [-0.4, -0.2) is 57.3 Å². The van der Waals surface area contributed by atoms with Crippen LogP contribution in [0.25, 0.3) is 11.1 Å². The van der Waals surface area contributed by atoms with E-state index in [0.29, 0.717) is 67.9 Å². The van der Waals surface area contributed by atoms with E-state index in [1.807, 2.05) is 72.8 Å². The molecule has 0 radical (unpaired) electrons. The molecule has 0 aromatic heterocycles. The third-order valence-electron chi connectivity index (χ3n) is 12.7. The van der Waals surface area contributed by atoms with Gasteiger partial charge in [0.15, 0.2) is 5.78 Å². The molecule has 4 unspecified atom stereocenters. The smallest absolute Gasteiger partial charge is 0.193 e. The van der Waals surface area contributed by atoms with Gasteiger partial charge in [-0.3, -0.25) is 4.79 Å². The van der Waals surface area contributed by atoms with Crippen molar-refractivity contribution >= 4 is 17.4 Å². The number of hydrogen-bond acceptors (Lipinski definition) is 5. The van der Waals surface area contributed by atoms with Crippen LogP contribution in [-0.2, 0) is 12.0 Å². The Labute approximate surface area is 314 Å². The predicted molar refractivity (Wildman–Crippen MR) is 210 cm³/mol. The Morgan fingerprint density at radius 3 is 2.25 bits per heavy atom. The maximum Gasteiger partial charge on any atom is 0.193 e. The van der Waals surface area contributed by atoms with Crippen molar-refractivity contribution in [2.75, 3.05) is 19.6 Å². The Bertz CT molecular complexity index is 1900. The highest BCUT2D eigenvalue weighted by Crippen LogP contribution is 2.59. The molecular weight excluding hydrogens is 666 g/mol. The molecule has 3 aliphatic carbocycles. The molecule has 4 atom stereocenters. The summed E-state index contributed by atoms with van der Waals surface area (Å²) in [5.41, 5.74) is 5.16. The molecule has 272 valence electrons. The highest BCUT2D eigenvalue weighted by Gasteiger charge is 2.57. The zero-order valence-electron chi connectivity index (χ0n) is 30.5. The van der Waals surface area contributed by atoms with Crippen molar-refractivity contribution in [3.05, 3.63) is 142 Å². The molecule has 0 spiro atoms. The van der Waals surface area contributed by atoms with Gasteiger partial charge in [-0.25, -0.2) is 0 Å². The molecule has 6 heteroatoms. The molecule has 3 N–H and O–H groups in total. The second-order valence-electron chi connectivity index (χ2n) is 16.0. The number of β-amino-alcohol motifs (C(OH)–C–C–N with tert-alkyl or cyclic N) is 1. The number of hydrogen-bond donors (Lipinski definition) is 3. The van der Waals surface area contributed by atoms with Crippen LogP contribution in [0.4, 0.5) is 0 Å². The number of ketones is 1. The van der Waals surface area contributed by atoms with Gasteiger partial charge in [0.25, 0.3) is 0 Å². The second kappa shape index (κ2) is 15.0. The summed E-state index contributed by atoms with van der Waals surface area (Å²) in [4.78, 5) is 16.9. The average Bonchev–Trinajstić information content (AvgIpc) is 3.40. The molecule has 4 aromatic carbocycles. The third kappa shape index (κ3) is 7.44. The fourth-order valence-electron chi connectivity index (χ4n) is 9.30. The van der Waals surface area contributed by atoms with Crippen LogP contribution >= 0.6 is 11.6 Å². The van der Waals surface area contributed by atoms with Gasteiger partial charge < -0.3 is 20.2 Å². The predicted octanol–water partition coefficient (Wildman–Crippen LogP) is 9.26. The fraction of sp³-hybridized carbons (Fsp3) is 0.413. The molecule has 1 heterocycles. The molecule has 4 aliphatic rings. The number of rotatable bonds is 6. The summed E-state index contributed by atoms with van der Waals surface area (Å²) in [6.07, 6.45) is 7.93. The van der Waals surface area contributed by atoms with Crippen molar-refractivity contribution in [3.63, 3.8) is 0 Å². The first-order valence-electron chi connectivity index (χ1n) is 19.1. The van der Waals surface area contributed by atoms with Crippen molar-refractivity contribution in [1.82, 2.24) is 4.90 Å². The number of carbonyl (C=O) groups excluding carboxylic acids is 1. The number of piperidine rings is 1. The van der Waals surface area contributed by atoms with E-state index >= 15 is 0 Å². The van der Waals surface area contributed by atoms with E-state index in [1.54, 1.807) is 0 Å². The third-order valence-corrected chi connectivity index (χ3v) is 13.0. The van der Waals surface area contributed by atoms with Crippen LogP contribution in [0, 0.1) is 5.41 Å². The van der Waals surface area contributed by atoms with Crippen LogP contribution in [0.3, 0.4) is 0 Å². The lowest BCUT2D eigenvalue weighted by Gasteiger charge is -2.48. The number of likely N-dealkylation sites (tertiary alicyclic amines) is 1. The molecule has 1 saturated carbocycles. The number of halogens is 1. The van der Waals surface area contributed by atoms with E-state index in [-0.39, 0.29) is 11.7 Å². The molecule has 5 nitrogen and oxygen atoms in total.